The third-order valence-electron chi connectivity index (χ3n) is 3.85. The Balaban J connectivity index is 2.78. The summed E-state index contributed by atoms with van der Waals surface area (Å²) in [7, 11) is 3.89. The number of nitrogens with zero attached hydrogens (tertiary/aromatic N) is 2. The van der Waals surface area contributed by atoms with E-state index in [0.29, 0.717) is 19.6 Å². The van der Waals surface area contributed by atoms with Gasteiger partial charge in [-0.1, -0.05) is 30.4 Å². The van der Waals surface area contributed by atoms with Crippen molar-refractivity contribution in [2.24, 2.45) is 0 Å². The molecule has 0 aromatic carbocycles. The first-order chi connectivity index (χ1) is 13.6. The lowest BCUT2D eigenvalue weighted by Gasteiger charge is -2.16. The van der Waals surface area contributed by atoms with E-state index in [4.69, 9.17) is 9.84 Å². The molecule has 0 atom stereocenters. The van der Waals surface area contributed by atoms with Gasteiger partial charge in [0.25, 0.3) is 0 Å². The Labute approximate surface area is 169 Å². The minimum absolute atomic E-state index is 0.156. The SMILES string of the molecule is C=CC/C=C(\C=C/COCCCO)N(C)/C=C(C)/C=C/c1cccnc1NC. The molecule has 5 nitrogen and oxygen atoms in total. The number of allylic oxidation sites excluding steroid dienone is 5. The molecule has 0 amide bonds. The van der Waals surface area contributed by atoms with E-state index >= 15 is 0 Å². The fraction of sp³-hybridized carbons (Fsp3) is 0.348. The number of anilines is 1. The maximum Gasteiger partial charge on any atom is 0.132 e. The van der Waals surface area contributed by atoms with Gasteiger partial charge in [0.05, 0.1) is 6.61 Å². The third-order valence-corrected chi connectivity index (χ3v) is 3.85. The van der Waals surface area contributed by atoms with Crippen molar-refractivity contribution < 1.29 is 9.84 Å². The molecule has 1 rings (SSSR count). The quantitative estimate of drug-likeness (QED) is 0.301. The van der Waals surface area contributed by atoms with Gasteiger partial charge in [-0.25, -0.2) is 4.98 Å². The fourth-order valence-electron chi connectivity index (χ4n) is 2.43. The first-order valence-corrected chi connectivity index (χ1v) is 9.50. The monoisotopic (exact) mass is 383 g/mol. The van der Waals surface area contributed by atoms with Crippen LogP contribution in [0, 0.1) is 0 Å². The highest BCUT2D eigenvalue weighted by Crippen LogP contribution is 2.15. The Bertz CT molecular complexity index is 706. The van der Waals surface area contributed by atoms with Gasteiger partial charge >= 0.3 is 0 Å². The molecule has 0 radical (unpaired) electrons. The van der Waals surface area contributed by atoms with Gasteiger partial charge in [0.15, 0.2) is 0 Å². The fourth-order valence-corrected chi connectivity index (χ4v) is 2.43. The van der Waals surface area contributed by atoms with Crippen LogP contribution in [0.1, 0.15) is 25.3 Å². The average Bonchev–Trinajstić information content (AvgIpc) is 2.71. The smallest absolute Gasteiger partial charge is 0.132 e. The largest absolute Gasteiger partial charge is 0.396 e. The van der Waals surface area contributed by atoms with E-state index in [2.05, 4.69) is 53.1 Å². The summed E-state index contributed by atoms with van der Waals surface area (Å²) >= 11 is 0. The zero-order valence-corrected chi connectivity index (χ0v) is 17.3. The summed E-state index contributed by atoms with van der Waals surface area (Å²) in [6.45, 7) is 7.10. The highest BCUT2D eigenvalue weighted by molar-refractivity contribution is 5.64. The second kappa shape index (κ2) is 14.4. The number of ether oxygens (including phenoxy) is 1. The predicted octanol–water partition coefficient (Wildman–Crippen LogP) is 4.39. The Morgan fingerprint density at radius 3 is 2.93 bits per heavy atom. The van der Waals surface area contributed by atoms with Crippen molar-refractivity contribution in [1.82, 2.24) is 9.88 Å². The number of hydrogen-bond acceptors (Lipinski definition) is 5. The number of aromatic nitrogens is 1. The zero-order chi connectivity index (χ0) is 20.6. The lowest BCUT2D eigenvalue weighted by molar-refractivity contribution is 0.139. The van der Waals surface area contributed by atoms with Crippen LogP contribution in [0.3, 0.4) is 0 Å². The number of likely N-dealkylation sites (N-methyl/N-ethyl adjacent to an activating group) is 1. The highest BCUT2D eigenvalue weighted by Gasteiger charge is 1.99. The summed E-state index contributed by atoms with van der Waals surface area (Å²) in [4.78, 5) is 6.39. The predicted molar refractivity (Wildman–Crippen MR) is 119 cm³/mol. The molecule has 0 aliphatic carbocycles. The van der Waals surface area contributed by atoms with Gasteiger partial charge < -0.3 is 20.1 Å². The molecule has 1 aromatic rings. The van der Waals surface area contributed by atoms with Gasteiger partial charge in [-0.2, -0.15) is 0 Å². The van der Waals surface area contributed by atoms with Gasteiger partial charge in [-0.15, -0.1) is 6.58 Å². The van der Waals surface area contributed by atoms with E-state index < -0.39 is 0 Å². The topological polar surface area (TPSA) is 57.6 Å². The number of pyridine rings is 1. The van der Waals surface area contributed by atoms with Crippen molar-refractivity contribution in [2.75, 3.05) is 39.2 Å². The van der Waals surface area contributed by atoms with E-state index in [1.165, 1.54) is 0 Å². The molecule has 0 fully saturated rings. The van der Waals surface area contributed by atoms with Gasteiger partial charge in [0.1, 0.15) is 5.82 Å². The molecule has 0 unspecified atom stereocenters. The van der Waals surface area contributed by atoms with Crippen molar-refractivity contribution in [3.8, 4) is 0 Å². The molecular weight excluding hydrogens is 350 g/mol. The Kier molecular flexibility index (Phi) is 12.1. The molecule has 5 heteroatoms. The van der Waals surface area contributed by atoms with Crippen LogP contribution < -0.4 is 5.32 Å². The van der Waals surface area contributed by atoms with E-state index in [9.17, 15) is 0 Å². The molecule has 0 aliphatic rings. The maximum absolute atomic E-state index is 8.77. The van der Waals surface area contributed by atoms with E-state index in [1.54, 1.807) is 6.20 Å². The number of aliphatic hydroxyl groups is 1. The molecular formula is C23H33N3O2. The highest BCUT2D eigenvalue weighted by atomic mass is 16.5. The summed E-state index contributed by atoms with van der Waals surface area (Å²) < 4.78 is 5.45. The Morgan fingerprint density at radius 2 is 2.21 bits per heavy atom. The molecule has 0 aliphatic heterocycles. The van der Waals surface area contributed by atoms with Crippen molar-refractivity contribution in [2.45, 2.75) is 19.8 Å². The molecule has 0 bridgehead atoms. The minimum atomic E-state index is 0.156. The molecule has 1 aromatic heterocycles. The number of hydrogen-bond donors (Lipinski definition) is 2. The lowest BCUT2D eigenvalue weighted by Crippen LogP contribution is -2.09. The second-order valence-corrected chi connectivity index (χ2v) is 6.22. The van der Waals surface area contributed by atoms with E-state index in [1.807, 2.05) is 44.5 Å². The Morgan fingerprint density at radius 1 is 1.39 bits per heavy atom. The summed E-state index contributed by atoms with van der Waals surface area (Å²) in [5, 5.41) is 11.9. The van der Waals surface area contributed by atoms with Crippen molar-refractivity contribution in [3.05, 3.63) is 78.3 Å². The van der Waals surface area contributed by atoms with Crippen molar-refractivity contribution in [3.63, 3.8) is 0 Å². The van der Waals surface area contributed by atoms with Crippen LogP contribution in [-0.4, -0.2) is 48.9 Å². The lowest BCUT2D eigenvalue weighted by atomic mass is 10.2. The van der Waals surface area contributed by atoms with Crippen LogP contribution >= 0.6 is 0 Å². The van der Waals surface area contributed by atoms with Crippen LogP contribution in [-0.2, 0) is 4.74 Å². The standard InChI is InChI=1S/C23H33N3O2/c1-5-6-11-22(12-8-17-28-18-9-16-27)26(4)19-20(2)13-14-21-10-7-15-25-23(21)24-3/h5,7-8,10-15,19,27H,1,6,9,16-18H2,2-4H3,(H,24,25)/b12-8-,14-13+,20-19+,22-11+. The summed E-state index contributed by atoms with van der Waals surface area (Å²) in [5.74, 6) is 0.857. The van der Waals surface area contributed by atoms with Crippen LogP contribution in [0.5, 0.6) is 0 Å². The van der Waals surface area contributed by atoms with Crippen molar-refractivity contribution in [1.29, 1.82) is 0 Å². The summed E-state index contributed by atoms with van der Waals surface area (Å²) in [6.07, 6.45) is 17.4. The number of rotatable bonds is 13. The molecule has 0 saturated carbocycles. The Hall–Kier alpha value is -2.63. The van der Waals surface area contributed by atoms with Crippen molar-refractivity contribution >= 4 is 11.9 Å². The molecule has 1 heterocycles. The molecule has 152 valence electrons. The van der Waals surface area contributed by atoms with E-state index in [0.717, 1.165) is 29.1 Å². The average molecular weight is 384 g/mol. The van der Waals surface area contributed by atoms with Crippen LogP contribution in [0.4, 0.5) is 5.82 Å². The molecule has 0 spiro atoms. The first kappa shape index (κ1) is 23.4. The van der Waals surface area contributed by atoms with Gasteiger partial charge in [-0.3, -0.25) is 0 Å². The van der Waals surface area contributed by atoms with Crippen LogP contribution in [0.2, 0.25) is 0 Å². The van der Waals surface area contributed by atoms with E-state index in [-0.39, 0.29) is 6.61 Å². The minimum Gasteiger partial charge on any atom is -0.396 e. The van der Waals surface area contributed by atoms with Gasteiger partial charge in [0, 0.05) is 51.0 Å². The molecule has 2 N–H and O–H groups in total. The summed E-state index contributed by atoms with van der Waals surface area (Å²) in [6, 6.07) is 3.95. The van der Waals surface area contributed by atoms with Gasteiger partial charge in [0.2, 0.25) is 0 Å². The normalized spacial score (nSPS) is 12.7. The molecule has 0 saturated heterocycles. The maximum atomic E-state index is 8.77. The molecule has 28 heavy (non-hydrogen) atoms. The van der Waals surface area contributed by atoms with Crippen LogP contribution in [0.25, 0.3) is 6.08 Å². The number of nitrogens with one attached hydrogen (secondary N) is 1. The van der Waals surface area contributed by atoms with Crippen LogP contribution in [0.15, 0.2) is 72.8 Å². The number of aliphatic hydroxyl groups excluding tert-OH is 1. The van der Waals surface area contributed by atoms with Gasteiger partial charge in [-0.05, 0) is 43.5 Å². The zero-order valence-electron chi connectivity index (χ0n) is 17.3. The second-order valence-electron chi connectivity index (χ2n) is 6.22. The summed E-state index contributed by atoms with van der Waals surface area (Å²) in [5.41, 5.74) is 3.23. The third kappa shape index (κ3) is 9.35. The first-order valence-electron chi connectivity index (χ1n) is 9.50.